The molecule has 5 rings (SSSR count). The van der Waals surface area contributed by atoms with Gasteiger partial charge in [0, 0.05) is 34.8 Å². The molecule has 3 heterocycles. The van der Waals surface area contributed by atoms with Gasteiger partial charge in [-0.1, -0.05) is 11.6 Å². The molecule has 38 heavy (non-hydrogen) atoms. The summed E-state index contributed by atoms with van der Waals surface area (Å²) in [5, 5.41) is 11.5. The van der Waals surface area contributed by atoms with Crippen LogP contribution in [0, 0.1) is 13.8 Å². The van der Waals surface area contributed by atoms with Gasteiger partial charge in [0.15, 0.2) is 5.75 Å². The second-order valence-corrected chi connectivity index (χ2v) is 11.0. The van der Waals surface area contributed by atoms with E-state index in [0.29, 0.717) is 29.0 Å². The molecule has 1 N–H and O–H groups in total. The molecular weight excluding hydrogens is 504 g/mol. The fraction of sp³-hybridized carbons (Fsp3) is 0.345. The Bertz CT molecular complexity index is 1550. The quantitative estimate of drug-likeness (QED) is 0.309. The first-order valence-electron chi connectivity index (χ1n) is 12.5. The number of carboxylic acid groups (broad SMARTS) is 1. The lowest BCUT2D eigenvalue weighted by Crippen LogP contribution is -2.30. The number of nitrogens with zero attached hydrogens (tertiary/aromatic N) is 4. The molecule has 1 aliphatic heterocycles. The summed E-state index contributed by atoms with van der Waals surface area (Å²) in [4.78, 5) is 23.4. The van der Waals surface area contributed by atoms with Gasteiger partial charge in [-0.05, 0) is 75.6 Å². The van der Waals surface area contributed by atoms with E-state index < -0.39 is 11.6 Å². The zero-order valence-corrected chi connectivity index (χ0v) is 23.2. The fourth-order valence-electron chi connectivity index (χ4n) is 5.27. The van der Waals surface area contributed by atoms with Gasteiger partial charge in [0.2, 0.25) is 5.95 Å². The minimum absolute atomic E-state index is 0.150. The Kier molecular flexibility index (Phi) is 6.47. The predicted octanol–water partition coefficient (Wildman–Crippen LogP) is 6.33. The summed E-state index contributed by atoms with van der Waals surface area (Å²) in [5.74, 6) is 0.815. The molecular formula is C29H31ClN4O4. The summed E-state index contributed by atoms with van der Waals surface area (Å²) >= 11 is 6.39. The maximum Gasteiger partial charge on any atom is 0.307 e. The van der Waals surface area contributed by atoms with Crippen molar-refractivity contribution in [1.29, 1.82) is 0 Å². The van der Waals surface area contributed by atoms with Crippen molar-refractivity contribution in [1.82, 2.24) is 14.5 Å². The smallest absolute Gasteiger partial charge is 0.307 e. The van der Waals surface area contributed by atoms with Crippen LogP contribution in [-0.2, 0) is 17.8 Å². The second kappa shape index (κ2) is 9.51. The van der Waals surface area contributed by atoms with Crippen LogP contribution in [0.25, 0.3) is 22.0 Å². The van der Waals surface area contributed by atoms with Crippen molar-refractivity contribution < 1.29 is 19.4 Å². The Labute approximate surface area is 226 Å². The zero-order valence-electron chi connectivity index (χ0n) is 22.4. The lowest BCUT2D eigenvalue weighted by Gasteiger charge is -2.33. The topological polar surface area (TPSA) is 89.7 Å². The summed E-state index contributed by atoms with van der Waals surface area (Å²) in [6.45, 7) is 11.4. The Balaban J connectivity index is 1.85. The van der Waals surface area contributed by atoms with Crippen LogP contribution in [0.3, 0.4) is 0 Å². The first kappa shape index (κ1) is 25.9. The molecule has 9 heteroatoms. The van der Waals surface area contributed by atoms with E-state index in [2.05, 4.69) is 32.4 Å². The van der Waals surface area contributed by atoms with E-state index in [1.807, 2.05) is 39.8 Å². The lowest BCUT2D eigenvalue weighted by molar-refractivity contribution is -0.136. The first-order chi connectivity index (χ1) is 18.0. The molecule has 2 aromatic heterocycles. The van der Waals surface area contributed by atoms with Gasteiger partial charge in [-0.2, -0.15) is 0 Å². The third kappa shape index (κ3) is 4.53. The molecule has 0 radical (unpaired) electrons. The number of benzene rings is 2. The van der Waals surface area contributed by atoms with Gasteiger partial charge in [-0.15, -0.1) is 0 Å². The number of hydrogen-bond donors (Lipinski definition) is 1. The Morgan fingerprint density at radius 1 is 1.13 bits per heavy atom. The van der Waals surface area contributed by atoms with Crippen molar-refractivity contribution in [2.45, 2.75) is 53.2 Å². The van der Waals surface area contributed by atoms with Crippen molar-refractivity contribution in [3.63, 3.8) is 0 Å². The molecule has 0 amide bonds. The standard InChI is InChI=1S/C29H31ClN4O4/c1-16-11-22-25(20-8-7-18(30)12-23(20)38-29(3,4)5)21(13-24(35)36)17(2)26-27(22)33(16)9-10-34(26)28-31-14-19(37-6)15-32-28/h7-8,11-12,14-15H,9-10,13H2,1-6H3,(H,35,36). The largest absolute Gasteiger partial charge is 0.494 e. The Morgan fingerprint density at radius 3 is 2.47 bits per heavy atom. The van der Waals surface area contributed by atoms with Crippen LogP contribution in [0.15, 0.2) is 36.7 Å². The summed E-state index contributed by atoms with van der Waals surface area (Å²) < 4.78 is 13.9. The second-order valence-electron chi connectivity index (χ2n) is 10.5. The number of hydrogen-bond acceptors (Lipinski definition) is 6. The van der Waals surface area contributed by atoms with Crippen molar-refractivity contribution >= 4 is 40.1 Å². The maximum absolute atomic E-state index is 12.2. The summed E-state index contributed by atoms with van der Waals surface area (Å²) in [7, 11) is 1.58. The molecule has 0 unspecified atom stereocenters. The third-order valence-corrected chi connectivity index (χ3v) is 7.01. The molecule has 4 aromatic rings. The third-order valence-electron chi connectivity index (χ3n) is 6.77. The van der Waals surface area contributed by atoms with Gasteiger partial charge in [-0.25, -0.2) is 9.97 Å². The minimum Gasteiger partial charge on any atom is -0.494 e. The molecule has 0 bridgehead atoms. The molecule has 2 aromatic carbocycles. The highest BCUT2D eigenvalue weighted by Gasteiger charge is 2.31. The Hall–Kier alpha value is -3.78. The molecule has 0 saturated heterocycles. The fourth-order valence-corrected chi connectivity index (χ4v) is 5.44. The lowest BCUT2D eigenvalue weighted by atomic mass is 9.88. The number of aliphatic carboxylic acids is 1. The highest BCUT2D eigenvalue weighted by Crippen LogP contribution is 2.48. The molecule has 8 nitrogen and oxygen atoms in total. The number of aromatic nitrogens is 3. The number of anilines is 2. The van der Waals surface area contributed by atoms with Gasteiger partial charge in [0.1, 0.15) is 11.4 Å². The number of halogens is 1. The highest BCUT2D eigenvalue weighted by atomic mass is 35.5. The number of methoxy groups -OCH3 is 1. The number of carbonyl (C=O) groups is 1. The SMILES string of the molecule is COc1cnc(N2CCn3c(C)cc4c(-c5ccc(Cl)cc5OC(C)(C)C)c(CC(=O)O)c(C)c2c43)nc1. The van der Waals surface area contributed by atoms with Crippen molar-refractivity contribution in [2.24, 2.45) is 0 Å². The molecule has 0 atom stereocenters. The van der Waals surface area contributed by atoms with Crippen LogP contribution in [0.5, 0.6) is 11.5 Å². The van der Waals surface area contributed by atoms with Crippen LogP contribution in [0.4, 0.5) is 11.6 Å². The number of aryl methyl sites for hydroxylation is 1. The number of rotatable bonds is 6. The van der Waals surface area contributed by atoms with Crippen LogP contribution in [-0.4, -0.2) is 44.9 Å². The van der Waals surface area contributed by atoms with Crippen LogP contribution in [0.1, 0.15) is 37.6 Å². The van der Waals surface area contributed by atoms with Crippen LogP contribution in [0.2, 0.25) is 5.02 Å². The van der Waals surface area contributed by atoms with Gasteiger partial charge in [0.25, 0.3) is 0 Å². The number of ether oxygens (including phenoxy) is 2. The molecule has 1 aliphatic rings. The minimum atomic E-state index is -0.910. The number of carboxylic acids is 1. The predicted molar refractivity (Wildman–Crippen MR) is 149 cm³/mol. The molecule has 198 valence electrons. The summed E-state index contributed by atoms with van der Waals surface area (Å²) in [6, 6.07) is 7.67. The van der Waals surface area contributed by atoms with E-state index in [0.717, 1.165) is 51.1 Å². The monoisotopic (exact) mass is 534 g/mol. The molecule has 0 aliphatic carbocycles. The average Bonchev–Trinajstić information content (AvgIpc) is 3.18. The van der Waals surface area contributed by atoms with E-state index in [9.17, 15) is 9.90 Å². The van der Waals surface area contributed by atoms with E-state index in [-0.39, 0.29) is 6.42 Å². The van der Waals surface area contributed by atoms with Crippen molar-refractivity contribution in [3.05, 3.63) is 58.5 Å². The van der Waals surface area contributed by atoms with Crippen LogP contribution >= 0.6 is 11.6 Å². The zero-order chi connectivity index (χ0) is 27.4. The molecule has 0 fully saturated rings. The first-order valence-corrected chi connectivity index (χ1v) is 12.9. The van der Waals surface area contributed by atoms with E-state index in [1.54, 1.807) is 25.6 Å². The van der Waals surface area contributed by atoms with Gasteiger partial charge in [0.05, 0.1) is 37.1 Å². The highest BCUT2D eigenvalue weighted by molar-refractivity contribution is 6.31. The molecule has 0 saturated carbocycles. The normalized spacial score (nSPS) is 13.2. The van der Waals surface area contributed by atoms with Gasteiger partial charge in [-0.3, -0.25) is 4.79 Å². The van der Waals surface area contributed by atoms with Crippen LogP contribution < -0.4 is 14.4 Å². The van der Waals surface area contributed by atoms with Crippen molar-refractivity contribution in [3.8, 4) is 22.6 Å². The summed E-state index contributed by atoms with van der Waals surface area (Å²) in [5.41, 5.74) is 5.80. The van der Waals surface area contributed by atoms with E-state index in [1.165, 1.54) is 0 Å². The van der Waals surface area contributed by atoms with Crippen molar-refractivity contribution in [2.75, 3.05) is 18.6 Å². The Morgan fingerprint density at radius 2 is 1.84 bits per heavy atom. The van der Waals surface area contributed by atoms with Gasteiger partial charge < -0.3 is 24.0 Å². The van der Waals surface area contributed by atoms with Gasteiger partial charge >= 0.3 is 5.97 Å². The average molecular weight is 535 g/mol. The van der Waals surface area contributed by atoms with E-state index >= 15 is 0 Å². The molecule has 0 spiro atoms. The maximum atomic E-state index is 12.2. The summed E-state index contributed by atoms with van der Waals surface area (Å²) in [6.07, 6.45) is 3.14. The van der Waals surface area contributed by atoms with E-state index in [4.69, 9.17) is 21.1 Å².